The highest BCUT2D eigenvalue weighted by molar-refractivity contribution is 5.89. The molecule has 164 valence electrons. The SMILES string of the molecule is O=C(NC[C@@H]1CN(Cc2ccccc2)CCO1)[C@H]1CCCN1C(=O)Cc1ccccc1. The van der Waals surface area contributed by atoms with Crippen LogP contribution in [0.5, 0.6) is 0 Å². The molecular formula is C25H31N3O3. The fourth-order valence-corrected chi connectivity index (χ4v) is 4.43. The van der Waals surface area contributed by atoms with Crippen LogP contribution in [0, 0.1) is 0 Å². The molecule has 0 radical (unpaired) electrons. The van der Waals surface area contributed by atoms with E-state index in [1.165, 1.54) is 5.56 Å². The third-order valence-electron chi connectivity index (χ3n) is 6.05. The molecular weight excluding hydrogens is 390 g/mol. The van der Waals surface area contributed by atoms with Gasteiger partial charge in [-0.15, -0.1) is 0 Å². The van der Waals surface area contributed by atoms with E-state index in [0.717, 1.165) is 38.0 Å². The first-order valence-electron chi connectivity index (χ1n) is 11.2. The lowest BCUT2D eigenvalue weighted by molar-refractivity contribution is -0.138. The molecule has 2 aliphatic rings. The standard InChI is InChI=1S/C25H31N3O3/c29-24(16-20-8-3-1-4-9-20)28-13-7-12-23(28)25(30)26-17-22-19-27(14-15-31-22)18-21-10-5-2-6-11-21/h1-6,8-11,22-23H,7,12-19H2,(H,26,30)/t22-,23-/m1/s1. The Morgan fingerprint density at radius 1 is 0.968 bits per heavy atom. The van der Waals surface area contributed by atoms with Gasteiger partial charge in [-0.2, -0.15) is 0 Å². The normalized spacial score (nSPS) is 21.7. The highest BCUT2D eigenvalue weighted by atomic mass is 16.5. The number of rotatable bonds is 7. The number of carbonyl (C=O) groups excluding carboxylic acids is 2. The molecule has 2 aliphatic heterocycles. The van der Waals surface area contributed by atoms with Crippen LogP contribution in [0.25, 0.3) is 0 Å². The van der Waals surface area contributed by atoms with Gasteiger partial charge in [0.15, 0.2) is 0 Å². The van der Waals surface area contributed by atoms with Crippen LogP contribution in [0.4, 0.5) is 0 Å². The lowest BCUT2D eigenvalue weighted by Crippen LogP contribution is -2.51. The van der Waals surface area contributed by atoms with Gasteiger partial charge in [-0.05, 0) is 24.0 Å². The van der Waals surface area contributed by atoms with Crippen molar-refractivity contribution < 1.29 is 14.3 Å². The van der Waals surface area contributed by atoms with Crippen LogP contribution in [-0.2, 0) is 27.3 Å². The molecule has 4 rings (SSSR count). The summed E-state index contributed by atoms with van der Waals surface area (Å²) in [6, 6.07) is 19.7. The molecule has 31 heavy (non-hydrogen) atoms. The van der Waals surface area contributed by atoms with E-state index in [1.807, 2.05) is 36.4 Å². The van der Waals surface area contributed by atoms with Gasteiger partial charge < -0.3 is 15.0 Å². The predicted octanol–water partition coefficient (Wildman–Crippen LogP) is 2.24. The first-order chi connectivity index (χ1) is 15.2. The maximum absolute atomic E-state index is 12.9. The molecule has 0 unspecified atom stereocenters. The second-order valence-corrected chi connectivity index (χ2v) is 8.37. The quantitative estimate of drug-likeness (QED) is 0.745. The molecule has 2 amide bonds. The van der Waals surface area contributed by atoms with Gasteiger partial charge in [0.05, 0.1) is 19.1 Å². The van der Waals surface area contributed by atoms with Crippen molar-refractivity contribution in [2.24, 2.45) is 0 Å². The smallest absolute Gasteiger partial charge is 0.242 e. The summed E-state index contributed by atoms with van der Waals surface area (Å²) in [7, 11) is 0. The zero-order chi connectivity index (χ0) is 21.5. The molecule has 0 aromatic heterocycles. The van der Waals surface area contributed by atoms with Crippen molar-refractivity contribution in [1.82, 2.24) is 15.1 Å². The molecule has 0 bridgehead atoms. The Morgan fingerprint density at radius 2 is 1.68 bits per heavy atom. The molecule has 1 N–H and O–H groups in total. The van der Waals surface area contributed by atoms with Crippen LogP contribution >= 0.6 is 0 Å². The number of carbonyl (C=O) groups is 2. The molecule has 6 heteroatoms. The Morgan fingerprint density at radius 3 is 2.42 bits per heavy atom. The number of hydrogen-bond acceptors (Lipinski definition) is 4. The van der Waals surface area contributed by atoms with Gasteiger partial charge in [0.25, 0.3) is 0 Å². The first kappa shape index (κ1) is 21.5. The van der Waals surface area contributed by atoms with E-state index < -0.39 is 0 Å². The largest absolute Gasteiger partial charge is 0.374 e. The Bertz CT molecular complexity index is 859. The fourth-order valence-electron chi connectivity index (χ4n) is 4.43. The predicted molar refractivity (Wildman–Crippen MR) is 119 cm³/mol. The lowest BCUT2D eigenvalue weighted by atomic mass is 10.1. The third kappa shape index (κ3) is 5.93. The number of nitrogens with one attached hydrogen (secondary N) is 1. The van der Waals surface area contributed by atoms with Gasteiger partial charge >= 0.3 is 0 Å². The molecule has 2 aromatic carbocycles. The lowest BCUT2D eigenvalue weighted by Gasteiger charge is -2.33. The van der Waals surface area contributed by atoms with Gasteiger partial charge in [-0.3, -0.25) is 14.5 Å². The molecule has 2 aromatic rings. The number of likely N-dealkylation sites (tertiary alicyclic amines) is 1. The van der Waals surface area contributed by atoms with E-state index in [2.05, 4.69) is 34.5 Å². The Kier molecular flexibility index (Phi) is 7.33. The minimum absolute atomic E-state index is 0.0202. The summed E-state index contributed by atoms with van der Waals surface area (Å²) in [5.74, 6) is -0.0468. The van der Waals surface area contributed by atoms with E-state index in [1.54, 1.807) is 4.90 Å². The van der Waals surface area contributed by atoms with Gasteiger partial charge in [-0.25, -0.2) is 0 Å². The number of hydrogen-bond donors (Lipinski definition) is 1. The Hall–Kier alpha value is -2.70. The van der Waals surface area contributed by atoms with Crippen molar-refractivity contribution in [2.75, 3.05) is 32.8 Å². The van der Waals surface area contributed by atoms with Crippen molar-refractivity contribution in [3.63, 3.8) is 0 Å². The van der Waals surface area contributed by atoms with Crippen LogP contribution in [-0.4, -0.2) is 66.5 Å². The minimum Gasteiger partial charge on any atom is -0.374 e. The highest BCUT2D eigenvalue weighted by Crippen LogP contribution is 2.19. The maximum atomic E-state index is 12.9. The average molecular weight is 422 g/mol. The van der Waals surface area contributed by atoms with Gasteiger partial charge in [0, 0.05) is 32.7 Å². The molecule has 0 spiro atoms. The molecule has 2 saturated heterocycles. The first-order valence-corrected chi connectivity index (χ1v) is 11.2. The molecule has 2 heterocycles. The average Bonchev–Trinajstić information content (AvgIpc) is 3.29. The maximum Gasteiger partial charge on any atom is 0.242 e. The third-order valence-corrected chi connectivity index (χ3v) is 6.05. The molecule has 2 fully saturated rings. The summed E-state index contributed by atoms with van der Waals surface area (Å²) < 4.78 is 5.88. The number of ether oxygens (including phenoxy) is 1. The van der Waals surface area contributed by atoms with Gasteiger partial charge in [0.1, 0.15) is 6.04 Å². The summed E-state index contributed by atoms with van der Waals surface area (Å²) in [5.41, 5.74) is 2.26. The van der Waals surface area contributed by atoms with Crippen LogP contribution in [0.3, 0.4) is 0 Å². The molecule has 2 atom stereocenters. The van der Waals surface area contributed by atoms with Crippen molar-refractivity contribution >= 4 is 11.8 Å². The number of nitrogens with zero attached hydrogens (tertiary/aromatic N) is 2. The summed E-state index contributed by atoms with van der Waals surface area (Å²) in [6.45, 7) is 4.35. The van der Waals surface area contributed by atoms with E-state index in [4.69, 9.17) is 4.74 Å². The molecule has 6 nitrogen and oxygen atoms in total. The second-order valence-electron chi connectivity index (χ2n) is 8.37. The number of benzene rings is 2. The van der Waals surface area contributed by atoms with E-state index >= 15 is 0 Å². The van der Waals surface area contributed by atoms with Crippen molar-refractivity contribution in [2.45, 2.75) is 38.0 Å². The van der Waals surface area contributed by atoms with Gasteiger partial charge in [-0.1, -0.05) is 60.7 Å². The van der Waals surface area contributed by atoms with Crippen molar-refractivity contribution in [3.8, 4) is 0 Å². The summed E-state index contributed by atoms with van der Waals surface area (Å²) >= 11 is 0. The topological polar surface area (TPSA) is 61.9 Å². The molecule has 0 saturated carbocycles. The minimum atomic E-state index is -0.375. The fraction of sp³-hybridized carbons (Fsp3) is 0.440. The van der Waals surface area contributed by atoms with E-state index in [9.17, 15) is 9.59 Å². The van der Waals surface area contributed by atoms with Crippen LogP contribution in [0.1, 0.15) is 24.0 Å². The highest BCUT2D eigenvalue weighted by Gasteiger charge is 2.34. The summed E-state index contributed by atoms with van der Waals surface area (Å²) in [4.78, 5) is 29.7. The van der Waals surface area contributed by atoms with Crippen LogP contribution < -0.4 is 5.32 Å². The summed E-state index contributed by atoms with van der Waals surface area (Å²) in [6.07, 6.45) is 1.89. The molecule has 0 aliphatic carbocycles. The van der Waals surface area contributed by atoms with Crippen molar-refractivity contribution in [1.29, 1.82) is 0 Å². The number of amides is 2. The van der Waals surface area contributed by atoms with E-state index in [-0.39, 0.29) is 24.0 Å². The van der Waals surface area contributed by atoms with Crippen LogP contribution in [0.15, 0.2) is 60.7 Å². The Labute approximate surface area is 184 Å². The summed E-state index contributed by atoms with van der Waals surface area (Å²) in [5, 5.41) is 3.04. The Balaban J connectivity index is 1.26. The van der Waals surface area contributed by atoms with Gasteiger partial charge in [0.2, 0.25) is 11.8 Å². The number of morpholine rings is 1. The zero-order valence-corrected chi connectivity index (χ0v) is 17.9. The van der Waals surface area contributed by atoms with E-state index in [0.29, 0.717) is 26.1 Å². The zero-order valence-electron chi connectivity index (χ0n) is 17.9. The van der Waals surface area contributed by atoms with Crippen LogP contribution in [0.2, 0.25) is 0 Å². The second kappa shape index (κ2) is 10.6. The monoisotopic (exact) mass is 421 g/mol. The van der Waals surface area contributed by atoms with Crippen molar-refractivity contribution in [3.05, 3.63) is 71.8 Å².